The van der Waals surface area contributed by atoms with Gasteiger partial charge in [0.1, 0.15) is 5.01 Å². The van der Waals surface area contributed by atoms with Crippen molar-refractivity contribution in [2.45, 2.75) is 39.3 Å². The predicted octanol–water partition coefficient (Wildman–Crippen LogP) is 1.79. The lowest BCUT2D eigenvalue weighted by Gasteiger charge is -2.41. The number of aryl methyl sites for hydroxylation is 1. The van der Waals surface area contributed by atoms with Crippen molar-refractivity contribution in [2.24, 2.45) is 0 Å². The maximum Gasteiger partial charge on any atom is 0.110 e. The van der Waals surface area contributed by atoms with E-state index in [-0.39, 0.29) is 5.54 Å². The normalized spacial score (nSPS) is 19.6. The molecule has 108 valence electrons. The Hall–Kier alpha value is -0.490. The number of nitrogens with one attached hydrogen (secondary N) is 2. The minimum Gasteiger partial charge on any atom is -0.314 e. The molecule has 0 spiro atoms. The monoisotopic (exact) mass is 282 g/mol. The van der Waals surface area contributed by atoms with Gasteiger partial charge in [-0.3, -0.25) is 4.90 Å². The molecule has 0 radical (unpaired) electrons. The molecule has 1 aromatic heterocycles. The van der Waals surface area contributed by atoms with Gasteiger partial charge < -0.3 is 10.6 Å². The van der Waals surface area contributed by atoms with Crippen LogP contribution in [0.15, 0.2) is 5.38 Å². The van der Waals surface area contributed by atoms with Crippen molar-refractivity contribution in [3.05, 3.63) is 16.1 Å². The van der Waals surface area contributed by atoms with Crippen LogP contribution in [0.2, 0.25) is 0 Å². The average Bonchev–Trinajstić information content (AvgIpc) is 2.84. The molecule has 1 aliphatic heterocycles. The zero-order chi connectivity index (χ0) is 13.9. The Labute approximate surface area is 120 Å². The van der Waals surface area contributed by atoms with Crippen LogP contribution in [-0.4, -0.2) is 48.1 Å². The second-order valence-electron chi connectivity index (χ2n) is 5.98. The van der Waals surface area contributed by atoms with Gasteiger partial charge in [-0.2, -0.15) is 0 Å². The second-order valence-corrected chi connectivity index (χ2v) is 6.87. The molecule has 2 N–H and O–H groups in total. The molecule has 0 amide bonds. The Bertz CT molecular complexity index is 396. The molecule has 1 fully saturated rings. The molecule has 2 heterocycles. The topological polar surface area (TPSA) is 40.2 Å². The van der Waals surface area contributed by atoms with Crippen molar-refractivity contribution in [1.82, 2.24) is 20.5 Å². The molecule has 0 saturated carbocycles. The molecule has 4 nitrogen and oxygen atoms in total. The summed E-state index contributed by atoms with van der Waals surface area (Å²) in [4.78, 5) is 7.12. The minimum absolute atomic E-state index is 0.197. The molecule has 1 aliphatic rings. The lowest BCUT2D eigenvalue weighted by Crippen LogP contribution is -2.57. The highest BCUT2D eigenvalue weighted by atomic mass is 32.1. The number of aromatic nitrogens is 1. The first-order valence-corrected chi connectivity index (χ1v) is 7.98. The van der Waals surface area contributed by atoms with Gasteiger partial charge in [0, 0.05) is 49.3 Å². The van der Waals surface area contributed by atoms with E-state index in [0.29, 0.717) is 6.04 Å². The molecule has 1 atom stereocenters. The van der Waals surface area contributed by atoms with E-state index in [1.807, 2.05) is 0 Å². The van der Waals surface area contributed by atoms with Crippen LogP contribution in [-0.2, 0) is 0 Å². The van der Waals surface area contributed by atoms with Crippen LogP contribution in [0, 0.1) is 6.92 Å². The summed E-state index contributed by atoms with van der Waals surface area (Å²) in [7, 11) is 0. The van der Waals surface area contributed by atoms with Crippen molar-refractivity contribution < 1.29 is 0 Å². The van der Waals surface area contributed by atoms with E-state index in [1.165, 1.54) is 5.01 Å². The van der Waals surface area contributed by atoms with Crippen LogP contribution in [0.25, 0.3) is 0 Å². The van der Waals surface area contributed by atoms with Crippen molar-refractivity contribution >= 4 is 11.3 Å². The fourth-order valence-corrected chi connectivity index (χ4v) is 3.27. The first kappa shape index (κ1) is 14.9. The van der Waals surface area contributed by atoms with Gasteiger partial charge in [0.15, 0.2) is 0 Å². The molecule has 0 bridgehead atoms. The number of hydrogen-bond donors (Lipinski definition) is 2. The maximum atomic E-state index is 4.56. The highest BCUT2D eigenvalue weighted by molar-refractivity contribution is 7.09. The highest BCUT2D eigenvalue weighted by Gasteiger charge is 2.28. The van der Waals surface area contributed by atoms with Crippen molar-refractivity contribution in [3.63, 3.8) is 0 Å². The van der Waals surface area contributed by atoms with Gasteiger partial charge in [0.25, 0.3) is 0 Å². The van der Waals surface area contributed by atoms with Crippen molar-refractivity contribution in [3.8, 4) is 0 Å². The number of thiazole rings is 1. The van der Waals surface area contributed by atoms with Crippen LogP contribution < -0.4 is 10.6 Å². The summed E-state index contributed by atoms with van der Waals surface area (Å²) in [6, 6.07) is 0.334. The van der Waals surface area contributed by atoms with Crippen LogP contribution in [0.1, 0.15) is 37.5 Å². The van der Waals surface area contributed by atoms with E-state index in [0.717, 1.165) is 38.4 Å². The maximum absolute atomic E-state index is 4.56. The van der Waals surface area contributed by atoms with Crippen LogP contribution in [0.4, 0.5) is 0 Å². The van der Waals surface area contributed by atoms with Crippen LogP contribution in [0.5, 0.6) is 0 Å². The van der Waals surface area contributed by atoms with Gasteiger partial charge >= 0.3 is 0 Å². The van der Waals surface area contributed by atoms with Gasteiger partial charge in [-0.1, -0.05) is 0 Å². The standard InChI is InChI=1S/C14H26N4S/c1-11-9-19-13(17-11)12(2)16-10-14(3,4)18-7-5-15-6-8-18/h9,12,15-16H,5-8,10H2,1-4H3. The third-order valence-corrected chi connectivity index (χ3v) is 4.97. The number of nitrogens with zero attached hydrogens (tertiary/aromatic N) is 2. The Morgan fingerprint density at radius 3 is 2.74 bits per heavy atom. The smallest absolute Gasteiger partial charge is 0.110 e. The second kappa shape index (κ2) is 6.31. The Morgan fingerprint density at radius 2 is 2.16 bits per heavy atom. The Kier molecular flexibility index (Phi) is 4.95. The van der Waals surface area contributed by atoms with Crippen molar-refractivity contribution in [1.29, 1.82) is 0 Å². The average molecular weight is 282 g/mol. The van der Waals surface area contributed by atoms with E-state index in [1.54, 1.807) is 11.3 Å². The first-order valence-electron chi connectivity index (χ1n) is 7.10. The van der Waals surface area contributed by atoms with Crippen LogP contribution in [0.3, 0.4) is 0 Å². The Morgan fingerprint density at radius 1 is 1.47 bits per heavy atom. The summed E-state index contributed by atoms with van der Waals surface area (Å²) in [5, 5.41) is 10.4. The third-order valence-electron chi connectivity index (χ3n) is 3.82. The molecule has 0 aromatic carbocycles. The van der Waals surface area contributed by atoms with Gasteiger partial charge in [0.05, 0.1) is 6.04 Å². The largest absolute Gasteiger partial charge is 0.314 e. The number of rotatable bonds is 5. The van der Waals surface area contributed by atoms with Gasteiger partial charge in [-0.25, -0.2) is 4.98 Å². The Balaban J connectivity index is 1.86. The summed E-state index contributed by atoms with van der Waals surface area (Å²) in [6.07, 6.45) is 0. The molecule has 1 aromatic rings. The molecule has 0 aliphatic carbocycles. The first-order chi connectivity index (χ1) is 8.99. The SMILES string of the molecule is Cc1csc(C(C)NCC(C)(C)N2CCNCC2)n1. The van der Waals surface area contributed by atoms with E-state index >= 15 is 0 Å². The summed E-state index contributed by atoms with van der Waals surface area (Å²) in [5.41, 5.74) is 1.32. The quantitative estimate of drug-likeness (QED) is 0.864. The zero-order valence-electron chi connectivity index (χ0n) is 12.5. The van der Waals surface area contributed by atoms with E-state index in [2.05, 4.69) is 53.6 Å². The molecular weight excluding hydrogens is 256 g/mol. The third kappa shape index (κ3) is 3.99. The summed E-state index contributed by atoms with van der Waals surface area (Å²) >= 11 is 1.75. The zero-order valence-corrected chi connectivity index (χ0v) is 13.3. The van der Waals surface area contributed by atoms with Crippen molar-refractivity contribution in [2.75, 3.05) is 32.7 Å². The highest BCUT2D eigenvalue weighted by Crippen LogP contribution is 2.20. The molecular formula is C14H26N4S. The van der Waals surface area contributed by atoms with E-state index in [4.69, 9.17) is 0 Å². The molecule has 19 heavy (non-hydrogen) atoms. The summed E-state index contributed by atoms with van der Waals surface area (Å²) in [6.45, 7) is 14.4. The number of hydrogen-bond acceptors (Lipinski definition) is 5. The fourth-order valence-electron chi connectivity index (χ4n) is 2.44. The molecule has 1 saturated heterocycles. The minimum atomic E-state index is 0.197. The lowest BCUT2D eigenvalue weighted by atomic mass is 10.0. The fraction of sp³-hybridized carbons (Fsp3) is 0.786. The lowest BCUT2D eigenvalue weighted by molar-refractivity contribution is 0.0999. The van der Waals surface area contributed by atoms with Gasteiger partial charge in [-0.05, 0) is 27.7 Å². The summed E-state index contributed by atoms with van der Waals surface area (Å²) < 4.78 is 0. The van der Waals surface area contributed by atoms with E-state index < -0.39 is 0 Å². The van der Waals surface area contributed by atoms with Gasteiger partial charge in [-0.15, -0.1) is 11.3 Å². The molecule has 2 rings (SSSR count). The molecule has 1 unspecified atom stereocenters. The predicted molar refractivity (Wildman–Crippen MR) is 81.8 cm³/mol. The van der Waals surface area contributed by atoms with E-state index in [9.17, 15) is 0 Å². The number of piperazine rings is 1. The van der Waals surface area contributed by atoms with Gasteiger partial charge in [0.2, 0.25) is 0 Å². The summed E-state index contributed by atoms with van der Waals surface area (Å²) in [5.74, 6) is 0. The molecule has 5 heteroatoms. The van der Waals surface area contributed by atoms with Crippen LogP contribution >= 0.6 is 11.3 Å².